The van der Waals surface area contributed by atoms with Crippen LogP contribution >= 0.6 is 0 Å². The Bertz CT molecular complexity index is 937. The predicted molar refractivity (Wildman–Crippen MR) is 101 cm³/mol. The van der Waals surface area contributed by atoms with Gasteiger partial charge in [0.05, 0.1) is 23.2 Å². The van der Waals surface area contributed by atoms with Crippen molar-refractivity contribution >= 4 is 11.5 Å². The summed E-state index contributed by atoms with van der Waals surface area (Å²) in [6.45, 7) is 6.09. The molecule has 1 amide bonds. The molecule has 3 rings (SSSR count). The Morgan fingerprint density at radius 1 is 1.41 bits per heavy atom. The lowest BCUT2D eigenvalue weighted by Crippen LogP contribution is -2.49. The van der Waals surface area contributed by atoms with Crippen LogP contribution in [0, 0.1) is 11.3 Å². The summed E-state index contributed by atoms with van der Waals surface area (Å²) in [6, 6.07) is 6.40. The highest BCUT2D eigenvalue weighted by Gasteiger charge is 2.38. The van der Waals surface area contributed by atoms with Crippen molar-refractivity contribution in [3.63, 3.8) is 0 Å². The summed E-state index contributed by atoms with van der Waals surface area (Å²) in [5.41, 5.74) is 9.68. The number of nitrogens with zero attached hydrogens (tertiary/aromatic N) is 1. The minimum Gasteiger partial charge on any atom is -0.507 e. The van der Waals surface area contributed by atoms with Crippen molar-refractivity contribution < 1.29 is 14.6 Å². The number of fused-ring (bicyclic) bond motifs is 1. The molecule has 0 fully saturated rings. The molecular weight excluding hydrogens is 344 g/mol. The molecule has 5 N–H and O–H groups in total. The molecule has 27 heavy (non-hydrogen) atoms. The zero-order valence-electron chi connectivity index (χ0n) is 15.5. The molecule has 2 aliphatic rings. The Hall–Kier alpha value is -3.24. The fraction of sp³-hybridized carbons (Fsp3) is 0.300. The Kier molecular flexibility index (Phi) is 4.93. The van der Waals surface area contributed by atoms with Gasteiger partial charge in [-0.15, -0.1) is 0 Å². The lowest BCUT2D eigenvalue weighted by atomic mass is 9.80. The molecule has 0 aliphatic carbocycles. The Labute approximate surface area is 157 Å². The van der Waals surface area contributed by atoms with E-state index in [4.69, 9.17) is 15.7 Å². The van der Waals surface area contributed by atoms with Gasteiger partial charge in [-0.1, -0.05) is 0 Å². The minimum absolute atomic E-state index is 0.0915. The molecule has 0 bridgehead atoms. The second-order valence-corrected chi connectivity index (χ2v) is 6.51. The predicted octanol–water partition coefficient (Wildman–Crippen LogP) is 1.62. The number of benzene rings is 1. The first-order valence-corrected chi connectivity index (χ1v) is 8.68. The number of hydrogen-bond acceptors (Lipinski definition) is 6. The zero-order chi connectivity index (χ0) is 19.7. The molecule has 2 aliphatic heterocycles. The van der Waals surface area contributed by atoms with Crippen molar-refractivity contribution in [1.29, 1.82) is 5.26 Å². The number of carbonyl (C=O) groups is 1. The highest BCUT2D eigenvalue weighted by molar-refractivity contribution is 6.11. The Morgan fingerprint density at radius 3 is 2.74 bits per heavy atom. The first kappa shape index (κ1) is 18.5. The molecule has 2 unspecified atom stereocenters. The second-order valence-electron chi connectivity index (χ2n) is 6.51. The third-order valence-electron chi connectivity index (χ3n) is 4.76. The smallest absolute Gasteiger partial charge is 0.251 e. The third-order valence-corrected chi connectivity index (χ3v) is 4.76. The maximum atomic E-state index is 12.3. The number of carbonyl (C=O) groups excluding carboxylic acids is 1. The summed E-state index contributed by atoms with van der Waals surface area (Å²) < 4.78 is 5.84. The van der Waals surface area contributed by atoms with Crippen molar-refractivity contribution in [3.8, 4) is 11.8 Å². The molecule has 1 aromatic carbocycles. The zero-order valence-corrected chi connectivity index (χ0v) is 15.5. The largest absolute Gasteiger partial charge is 0.507 e. The lowest BCUT2D eigenvalue weighted by molar-refractivity contribution is -0.114. The van der Waals surface area contributed by atoms with Crippen molar-refractivity contribution in [2.45, 2.75) is 33.0 Å². The monoisotopic (exact) mass is 366 g/mol. The van der Waals surface area contributed by atoms with Crippen LogP contribution in [0.5, 0.6) is 5.75 Å². The number of phenols is 1. The maximum absolute atomic E-state index is 12.3. The number of primary amides is 1. The number of nitrogens with one attached hydrogen (secondary N) is 2. The van der Waals surface area contributed by atoms with Gasteiger partial charge in [0.15, 0.2) is 6.23 Å². The molecule has 2 heterocycles. The molecule has 0 radical (unpaired) electrons. The standard InChI is InChI=1S/C20H22N4O3/c1-4-27-20-17-16(13-6-5-12(8-21)7-14(13)25)15(19(22)26)11(3)24-18(17)10(2)9-23-20/h5-7,9,18,20,23-25H,4H2,1-3H3,(H2,22,26). The number of allylic oxidation sites excluding steroid dienone is 1. The van der Waals surface area contributed by atoms with Crippen LogP contribution in [0.15, 0.2) is 46.8 Å². The molecule has 0 saturated heterocycles. The summed E-state index contributed by atoms with van der Waals surface area (Å²) in [5, 5.41) is 26.2. The molecule has 2 atom stereocenters. The molecule has 0 spiro atoms. The normalized spacial score (nSPS) is 21.6. The van der Waals surface area contributed by atoms with Gasteiger partial charge in [-0.3, -0.25) is 4.79 Å². The van der Waals surface area contributed by atoms with Gasteiger partial charge in [-0.05, 0) is 44.5 Å². The number of nitrogens with two attached hydrogens (primary N) is 1. The van der Waals surface area contributed by atoms with E-state index in [1.165, 1.54) is 6.07 Å². The van der Waals surface area contributed by atoms with Crippen molar-refractivity contribution in [2.24, 2.45) is 5.73 Å². The number of hydrogen-bond donors (Lipinski definition) is 4. The number of rotatable bonds is 4. The highest BCUT2D eigenvalue weighted by atomic mass is 16.5. The van der Waals surface area contributed by atoms with Gasteiger partial charge >= 0.3 is 0 Å². The van der Waals surface area contributed by atoms with E-state index in [1.807, 2.05) is 26.1 Å². The van der Waals surface area contributed by atoms with Crippen molar-refractivity contribution in [2.75, 3.05) is 6.61 Å². The highest BCUT2D eigenvalue weighted by Crippen LogP contribution is 2.41. The fourth-order valence-corrected chi connectivity index (χ4v) is 3.58. The van der Waals surface area contributed by atoms with Crippen molar-refractivity contribution in [1.82, 2.24) is 10.6 Å². The summed E-state index contributed by atoms with van der Waals surface area (Å²) in [7, 11) is 0. The molecule has 7 heteroatoms. The van der Waals surface area contributed by atoms with Crippen LogP contribution in [0.4, 0.5) is 0 Å². The van der Waals surface area contributed by atoms with Gasteiger partial charge in [0.2, 0.25) is 0 Å². The number of phenolic OH excluding ortho intramolecular Hbond substituents is 1. The van der Waals surface area contributed by atoms with E-state index in [-0.39, 0.29) is 11.8 Å². The summed E-state index contributed by atoms with van der Waals surface area (Å²) in [6.07, 6.45) is 1.39. The fourth-order valence-electron chi connectivity index (χ4n) is 3.58. The van der Waals surface area contributed by atoms with Crippen molar-refractivity contribution in [3.05, 3.63) is 57.9 Å². The SMILES string of the molecule is CCOC1NC=C(C)C2NC(C)=C(C(N)=O)C(c3ccc(C#N)cc3O)=C12. The quantitative estimate of drug-likeness (QED) is 0.643. The van der Waals surface area contributed by atoms with E-state index in [1.54, 1.807) is 19.1 Å². The number of nitriles is 1. The molecule has 0 aromatic heterocycles. The molecular formula is C20H22N4O3. The van der Waals surface area contributed by atoms with E-state index < -0.39 is 12.1 Å². The lowest BCUT2D eigenvalue weighted by Gasteiger charge is -2.39. The van der Waals surface area contributed by atoms with Gasteiger partial charge in [-0.2, -0.15) is 5.26 Å². The number of ether oxygens (including phenoxy) is 1. The van der Waals surface area contributed by atoms with Gasteiger partial charge in [0, 0.05) is 35.2 Å². The topological polar surface area (TPSA) is 120 Å². The van der Waals surface area contributed by atoms with Crippen LogP contribution in [0.2, 0.25) is 0 Å². The number of amides is 1. The summed E-state index contributed by atoms with van der Waals surface area (Å²) in [4.78, 5) is 12.3. The van der Waals surface area contributed by atoms with Crippen LogP contribution in [-0.4, -0.2) is 29.9 Å². The van der Waals surface area contributed by atoms with E-state index in [2.05, 4.69) is 10.6 Å². The number of dihydropyridines is 1. The van der Waals surface area contributed by atoms with Gasteiger partial charge < -0.3 is 26.2 Å². The third kappa shape index (κ3) is 3.15. The maximum Gasteiger partial charge on any atom is 0.251 e. The van der Waals surface area contributed by atoms with Gasteiger partial charge in [0.25, 0.3) is 5.91 Å². The minimum atomic E-state index is -0.604. The van der Waals surface area contributed by atoms with E-state index in [9.17, 15) is 9.90 Å². The Balaban J connectivity index is 2.34. The molecule has 0 saturated carbocycles. The Morgan fingerprint density at radius 2 is 2.15 bits per heavy atom. The first-order valence-electron chi connectivity index (χ1n) is 8.68. The first-order chi connectivity index (χ1) is 12.9. The average Bonchev–Trinajstić information content (AvgIpc) is 2.63. The number of aromatic hydroxyl groups is 1. The van der Waals surface area contributed by atoms with E-state index in [0.717, 1.165) is 11.1 Å². The van der Waals surface area contributed by atoms with Crippen LogP contribution in [-0.2, 0) is 9.53 Å². The van der Waals surface area contributed by atoms with Crippen LogP contribution in [0.3, 0.4) is 0 Å². The van der Waals surface area contributed by atoms with Gasteiger partial charge in [-0.25, -0.2) is 0 Å². The second kappa shape index (κ2) is 7.17. The van der Waals surface area contributed by atoms with Crippen LogP contribution in [0.25, 0.3) is 5.57 Å². The van der Waals surface area contributed by atoms with Crippen LogP contribution < -0.4 is 16.4 Å². The van der Waals surface area contributed by atoms with Crippen LogP contribution in [0.1, 0.15) is 31.9 Å². The van der Waals surface area contributed by atoms with Gasteiger partial charge in [0.1, 0.15) is 5.75 Å². The van der Waals surface area contributed by atoms with E-state index >= 15 is 0 Å². The molecule has 140 valence electrons. The molecule has 7 nitrogen and oxygen atoms in total. The average molecular weight is 366 g/mol. The molecule has 1 aromatic rings. The summed E-state index contributed by atoms with van der Waals surface area (Å²) >= 11 is 0. The summed E-state index contributed by atoms with van der Waals surface area (Å²) in [5.74, 6) is -0.696. The van der Waals surface area contributed by atoms with E-state index in [0.29, 0.717) is 34.6 Å².